The van der Waals surface area contributed by atoms with Crippen LogP contribution in [0.2, 0.25) is 5.02 Å². The lowest BCUT2D eigenvalue weighted by Gasteiger charge is -2.15. The van der Waals surface area contributed by atoms with E-state index < -0.39 is 17.5 Å². The fraction of sp³-hybridized carbons (Fsp3) is 0.462. The number of nitrogens with zero attached hydrogens (tertiary/aromatic N) is 1. The Bertz CT molecular complexity index is 492. The zero-order valence-corrected chi connectivity index (χ0v) is 11.3. The molecule has 6 heteroatoms. The number of nitrogens with one attached hydrogen (secondary N) is 1. The zero-order valence-electron chi connectivity index (χ0n) is 10.5. The van der Waals surface area contributed by atoms with Crippen molar-refractivity contribution in [2.24, 2.45) is 0 Å². The molecule has 104 valence electrons. The molecule has 1 aromatic carbocycles. The molecule has 0 aromatic heterocycles. The summed E-state index contributed by atoms with van der Waals surface area (Å²) in [4.78, 5) is 14.0. The van der Waals surface area contributed by atoms with E-state index in [-0.39, 0.29) is 10.6 Å². The second kappa shape index (κ2) is 5.84. The molecule has 3 nitrogen and oxygen atoms in total. The zero-order chi connectivity index (χ0) is 14.0. The quantitative estimate of drug-likeness (QED) is 0.844. The van der Waals surface area contributed by atoms with Crippen LogP contribution in [-0.2, 0) is 0 Å². The van der Waals surface area contributed by atoms with Gasteiger partial charge in [-0.15, -0.1) is 0 Å². The molecule has 0 spiro atoms. The molecule has 2 rings (SSSR count). The molecule has 1 saturated carbocycles. The van der Waals surface area contributed by atoms with Crippen molar-refractivity contribution in [3.63, 3.8) is 0 Å². The first-order chi connectivity index (χ1) is 8.99. The second-order valence-electron chi connectivity index (χ2n) is 4.71. The standard InChI is InChI=1S/C13H15ClF2N2O/c1-18(8-2-3-8)5-4-17-13(19)9-6-11(15)12(16)7-10(9)14/h6-8H,2-5H2,1H3,(H,17,19). The van der Waals surface area contributed by atoms with Crippen molar-refractivity contribution in [3.8, 4) is 0 Å². The van der Waals surface area contributed by atoms with Crippen LogP contribution in [0.15, 0.2) is 12.1 Å². The number of halogens is 3. The van der Waals surface area contributed by atoms with Crippen molar-refractivity contribution in [1.29, 1.82) is 0 Å². The third-order valence-corrected chi connectivity index (χ3v) is 3.49. The number of hydrogen-bond acceptors (Lipinski definition) is 2. The van der Waals surface area contributed by atoms with Gasteiger partial charge in [-0.25, -0.2) is 8.78 Å². The van der Waals surface area contributed by atoms with Gasteiger partial charge in [0.15, 0.2) is 11.6 Å². The Morgan fingerprint density at radius 3 is 2.68 bits per heavy atom. The van der Waals surface area contributed by atoms with E-state index in [0.29, 0.717) is 12.6 Å². The monoisotopic (exact) mass is 288 g/mol. The number of carbonyl (C=O) groups excluding carboxylic acids is 1. The van der Waals surface area contributed by atoms with Gasteiger partial charge in [0, 0.05) is 19.1 Å². The van der Waals surface area contributed by atoms with Gasteiger partial charge in [-0.3, -0.25) is 4.79 Å². The predicted octanol–water partition coefficient (Wildman–Crippen LogP) is 2.44. The minimum absolute atomic E-state index is 0.0466. The van der Waals surface area contributed by atoms with Gasteiger partial charge < -0.3 is 10.2 Å². The van der Waals surface area contributed by atoms with E-state index in [2.05, 4.69) is 10.2 Å². The topological polar surface area (TPSA) is 32.3 Å². The van der Waals surface area contributed by atoms with Crippen LogP contribution >= 0.6 is 11.6 Å². The Balaban J connectivity index is 1.90. The second-order valence-corrected chi connectivity index (χ2v) is 5.12. The molecule has 0 aliphatic heterocycles. The summed E-state index contributed by atoms with van der Waals surface area (Å²) in [5, 5.41) is 2.56. The van der Waals surface area contributed by atoms with Crippen LogP contribution in [0.5, 0.6) is 0 Å². The molecule has 0 unspecified atom stereocenters. The first kappa shape index (κ1) is 14.2. The Morgan fingerprint density at radius 1 is 1.42 bits per heavy atom. The number of hydrogen-bond donors (Lipinski definition) is 1. The summed E-state index contributed by atoms with van der Waals surface area (Å²) < 4.78 is 25.9. The highest BCUT2D eigenvalue weighted by atomic mass is 35.5. The highest BCUT2D eigenvalue weighted by molar-refractivity contribution is 6.33. The summed E-state index contributed by atoms with van der Waals surface area (Å²) in [5.41, 5.74) is -0.0466. The molecule has 1 fully saturated rings. The fourth-order valence-corrected chi connectivity index (χ4v) is 2.07. The minimum Gasteiger partial charge on any atom is -0.351 e. The molecule has 1 amide bonds. The van der Waals surface area contributed by atoms with Crippen molar-refractivity contribution in [2.75, 3.05) is 20.1 Å². The Labute approximate surface area is 115 Å². The molecule has 0 radical (unpaired) electrons. The van der Waals surface area contributed by atoms with E-state index in [1.54, 1.807) is 0 Å². The molecule has 1 aliphatic carbocycles. The lowest BCUT2D eigenvalue weighted by molar-refractivity contribution is 0.0949. The highest BCUT2D eigenvalue weighted by Crippen LogP contribution is 2.24. The van der Waals surface area contributed by atoms with Gasteiger partial charge in [-0.1, -0.05) is 11.6 Å². The maximum absolute atomic E-state index is 13.1. The molecular formula is C13H15ClF2N2O. The first-order valence-corrected chi connectivity index (χ1v) is 6.50. The number of carbonyl (C=O) groups is 1. The molecular weight excluding hydrogens is 274 g/mol. The average molecular weight is 289 g/mol. The minimum atomic E-state index is -1.08. The van der Waals surface area contributed by atoms with Crippen LogP contribution in [-0.4, -0.2) is 37.0 Å². The van der Waals surface area contributed by atoms with Gasteiger partial charge in [0.2, 0.25) is 0 Å². The smallest absolute Gasteiger partial charge is 0.252 e. The van der Waals surface area contributed by atoms with Crippen molar-refractivity contribution in [2.45, 2.75) is 18.9 Å². The van der Waals surface area contributed by atoms with E-state index >= 15 is 0 Å². The largest absolute Gasteiger partial charge is 0.351 e. The number of amides is 1. The van der Waals surface area contributed by atoms with Crippen LogP contribution < -0.4 is 5.32 Å². The number of likely N-dealkylation sites (N-methyl/N-ethyl adjacent to an activating group) is 1. The van der Waals surface area contributed by atoms with Crippen molar-refractivity contribution in [3.05, 3.63) is 34.4 Å². The summed E-state index contributed by atoms with van der Waals surface area (Å²) in [6, 6.07) is 2.24. The van der Waals surface area contributed by atoms with E-state index in [4.69, 9.17) is 11.6 Å². The predicted molar refractivity (Wildman–Crippen MR) is 69.4 cm³/mol. The van der Waals surface area contributed by atoms with Gasteiger partial charge in [0.1, 0.15) is 0 Å². The maximum atomic E-state index is 13.1. The van der Waals surface area contributed by atoms with Crippen LogP contribution in [0.25, 0.3) is 0 Å². The lowest BCUT2D eigenvalue weighted by Crippen LogP contribution is -2.34. The van der Waals surface area contributed by atoms with Crippen LogP contribution in [0.4, 0.5) is 8.78 Å². The van der Waals surface area contributed by atoms with Gasteiger partial charge in [-0.2, -0.15) is 0 Å². The van der Waals surface area contributed by atoms with Crippen molar-refractivity contribution in [1.82, 2.24) is 10.2 Å². The van der Waals surface area contributed by atoms with E-state index in [1.165, 1.54) is 12.8 Å². The van der Waals surface area contributed by atoms with Gasteiger partial charge in [0.05, 0.1) is 10.6 Å². The summed E-state index contributed by atoms with van der Waals surface area (Å²) in [5.74, 6) is -2.63. The molecule has 1 aliphatic rings. The van der Waals surface area contributed by atoms with Gasteiger partial charge >= 0.3 is 0 Å². The summed E-state index contributed by atoms with van der Waals surface area (Å²) in [6.07, 6.45) is 2.39. The Morgan fingerprint density at radius 2 is 2.05 bits per heavy atom. The molecule has 0 saturated heterocycles. The van der Waals surface area contributed by atoms with Gasteiger partial charge in [0.25, 0.3) is 5.91 Å². The number of benzene rings is 1. The van der Waals surface area contributed by atoms with E-state index in [0.717, 1.165) is 18.7 Å². The average Bonchev–Trinajstić information content (AvgIpc) is 3.17. The molecule has 1 N–H and O–H groups in total. The number of rotatable bonds is 5. The van der Waals surface area contributed by atoms with Gasteiger partial charge in [-0.05, 0) is 32.0 Å². The van der Waals surface area contributed by atoms with E-state index in [9.17, 15) is 13.6 Å². The summed E-state index contributed by atoms with van der Waals surface area (Å²) in [6.45, 7) is 1.17. The fourth-order valence-electron chi connectivity index (χ4n) is 1.84. The maximum Gasteiger partial charge on any atom is 0.252 e. The van der Waals surface area contributed by atoms with Crippen molar-refractivity contribution >= 4 is 17.5 Å². The third kappa shape index (κ3) is 3.64. The SMILES string of the molecule is CN(CCNC(=O)c1cc(F)c(F)cc1Cl)C1CC1. The first-order valence-electron chi connectivity index (χ1n) is 6.12. The van der Waals surface area contributed by atoms with Crippen LogP contribution in [0.3, 0.4) is 0 Å². The highest BCUT2D eigenvalue weighted by Gasteiger charge is 2.25. The Kier molecular flexibility index (Phi) is 4.37. The molecule has 0 atom stereocenters. The van der Waals surface area contributed by atoms with E-state index in [1.807, 2.05) is 7.05 Å². The third-order valence-electron chi connectivity index (χ3n) is 3.17. The lowest BCUT2D eigenvalue weighted by atomic mass is 10.2. The van der Waals surface area contributed by atoms with Crippen molar-refractivity contribution < 1.29 is 13.6 Å². The Hall–Kier alpha value is -1.20. The normalized spacial score (nSPS) is 14.8. The van der Waals surface area contributed by atoms with Crippen LogP contribution in [0, 0.1) is 11.6 Å². The summed E-state index contributed by atoms with van der Waals surface area (Å²) >= 11 is 5.72. The molecule has 0 heterocycles. The molecule has 1 aromatic rings. The molecule has 0 bridgehead atoms. The molecule has 19 heavy (non-hydrogen) atoms. The van der Waals surface area contributed by atoms with Crippen LogP contribution in [0.1, 0.15) is 23.2 Å². The summed E-state index contributed by atoms with van der Waals surface area (Å²) in [7, 11) is 1.99.